The number of hydrogen-bond donors (Lipinski definition) is 2. The highest BCUT2D eigenvalue weighted by atomic mass is 19.4. The second kappa shape index (κ2) is 8.41. The molecule has 1 unspecified atom stereocenters. The van der Waals surface area contributed by atoms with Crippen molar-refractivity contribution in [1.29, 1.82) is 0 Å². The number of benzene rings is 1. The van der Waals surface area contributed by atoms with Gasteiger partial charge in [-0.2, -0.15) is 13.2 Å². The molecule has 2 saturated heterocycles. The Kier molecular flexibility index (Phi) is 5.86. The van der Waals surface area contributed by atoms with Gasteiger partial charge in [0, 0.05) is 36.4 Å². The number of piperidine rings is 2. The molecule has 2 N–H and O–H groups in total. The summed E-state index contributed by atoms with van der Waals surface area (Å²) in [5.41, 5.74) is -0.0273. The van der Waals surface area contributed by atoms with Crippen LogP contribution in [-0.4, -0.2) is 42.6 Å². The summed E-state index contributed by atoms with van der Waals surface area (Å²) in [6.45, 7) is 4.26. The van der Waals surface area contributed by atoms with Crippen LogP contribution in [-0.2, 0) is 11.0 Å². The fourth-order valence-corrected chi connectivity index (χ4v) is 4.69. The SMILES string of the molecule is C[C@H]1C[C@@H](NC(=O)C2CCCCN2)CN(c2ccc(C(F)(F)F)c3ncccc23)C1. The zero-order valence-corrected chi connectivity index (χ0v) is 17.0. The van der Waals surface area contributed by atoms with Crippen molar-refractivity contribution in [2.24, 2.45) is 5.92 Å². The van der Waals surface area contributed by atoms with Gasteiger partial charge in [0.1, 0.15) is 0 Å². The monoisotopic (exact) mass is 420 g/mol. The smallest absolute Gasteiger partial charge is 0.369 e. The molecule has 4 rings (SSSR count). The van der Waals surface area contributed by atoms with Gasteiger partial charge in [0.2, 0.25) is 5.91 Å². The molecule has 2 fully saturated rings. The number of alkyl halides is 3. The Balaban J connectivity index is 1.57. The van der Waals surface area contributed by atoms with Crippen LogP contribution in [0.5, 0.6) is 0 Å². The Hall–Kier alpha value is -2.35. The molecular formula is C22H27F3N4O. The number of aromatic nitrogens is 1. The van der Waals surface area contributed by atoms with Gasteiger partial charge in [0.25, 0.3) is 0 Å². The van der Waals surface area contributed by atoms with Crippen molar-refractivity contribution in [3.05, 3.63) is 36.0 Å². The first-order valence-corrected chi connectivity index (χ1v) is 10.6. The minimum atomic E-state index is -4.45. The van der Waals surface area contributed by atoms with Crippen LogP contribution < -0.4 is 15.5 Å². The molecule has 1 amide bonds. The maximum absolute atomic E-state index is 13.4. The lowest BCUT2D eigenvalue weighted by molar-refractivity contribution is -0.136. The molecule has 5 nitrogen and oxygen atoms in total. The molecule has 0 saturated carbocycles. The van der Waals surface area contributed by atoms with Crippen LogP contribution in [0.4, 0.5) is 18.9 Å². The Morgan fingerprint density at radius 1 is 1.23 bits per heavy atom. The van der Waals surface area contributed by atoms with E-state index in [0.29, 0.717) is 17.8 Å². The van der Waals surface area contributed by atoms with Crippen LogP contribution >= 0.6 is 0 Å². The number of hydrogen-bond acceptors (Lipinski definition) is 4. The van der Waals surface area contributed by atoms with Gasteiger partial charge < -0.3 is 15.5 Å². The topological polar surface area (TPSA) is 57.3 Å². The van der Waals surface area contributed by atoms with Crippen LogP contribution in [0.2, 0.25) is 0 Å². The van der Waals surface area contributed by atoms with Crippen LogP contribution in [0.15, 0.2) is 30.5 Å². The largest absolute Gasteiger partial charge is 0.418 e. The quantitative estimate of drug-likeness (QED) is 0.795. The minimum Gasteiger partial charge on any atom is -0.369 e. The molecule has 30 heavy (non-hydrogen) atoms. The van der Waals surface area contributed by atoms with E-state index in [4.69, 9.17) is 0 Å². The van der Waals surface area contributed by atoms with E-state index in [1.165, 1.54) is 12.3 Å². The molecule has 0 aliphatic carbocycles. The maximum atomic E-state index is 13.4. The first-order valence-electron chi connectivity index (χ1n) is 10.6. The van der Waals surface area contributed by atoms with E-state index in [1.54, 1.807) is 12.1 Å². The molecule has 2 aromatic rings. The van der Waals surface area contributed by atoms with E-state index in [2.05, 4.69) is 27.4 Å². The van der Waals surface area contributed by atoms with Crippen LogP contribution in [0.25, 0.3) is 10.9 Å². The van der Waals surface area contributed by atoms with Gasteiger partial charge in [-0.15, -0.1) is 0 Å². The van der Waals surface area contributed by atoms with Crippen LogP contribution in [0.3, 0.4) is 0 Å². The molecule has 1 aromatic carbocycles. The van der Waals surface area contributed by atoms with Gasteiger partial charge in [-0.25, -0.2) is 0 Å². The summed E-state index contributed by atoms with van der Waals surface area (Å²) in [7, 11) is 0. The van der Waals surface area contributed by atoms with Gasteiger partial charge in [-0.3, -0.25) is 9.78 Å². The predicted octanol–water partition coefficient (Wildman–Crippen LogP) is 3.73. The minimum absolute atomic E-state index is 0.0210. The van der Waals surface area contributed by atoms with Gasteiger partial charge >= 0.3 is 6.18 Å². The molecule has 0 spiro atoms. The summed E-state index contributed by atoms with van der Waals surface area (Å²) in [5.74, 6) is 0.324. The third-order valence-electron chi connectivity index (χ3n) is 6.03. The molecule has 3 heterocycles. The molecule has 3 atom stereocenters. The number of amides is 1. The summed E-state index contributed by atoms with van der Waals surface area (Å²) < 4.78 is 40.3. The number of nitrogens with one attached hydrogen (secondary N) is 2. The van der Waals surface area contributed by atoms with Crippen molar-refractivity contribution < 1.29 is 18.0 Å². The third-order valence-corrected chi connectivity index (χ3v) is 6.03. The van der Waals surface area contributed by atoms with Gasteiger partial charge in [-0.05, 0) is 56.0 Å². The zero-order valence-electron chi connectivity index (χ0n) is 17.0. The molecule has 2 aliphatic heterocycles. The highest BCUT2D eigenvalue weighted by Crippen LogP contribution is 2.38. The fourth-order valence-electron chi connectivity index (χ4n) is 4.69. The normalized spacial score (nSPS) is 25.3. The number of rotatable bonds is 3. The third kappa shape index (κ3) is 4.38. The highest BCUT2D eigenvalue weighted by Gasteiger charge is 2.35. The number of carbonyl (C=O) groups excluding carboxylic acids is 1. The number of pyridine rings is 1. The van der Waals surface area contributed by atoms with Crippen LogP contribution in [0.1, 0.15) is 38.2 Å². The number of fused-ring (bicyclic) bond motifs is 1. The summed E-state index contributed by atoms with van der Waals surface area (Å²) in [6.07, 6.45) is 0.763. The van der Waals surface area contributed by atoms with Crippen molar-refractivity contribution in [3.8, 4) is 0 Å². The van der Waals surface area contributed by atoms with Crippen molar-refractivity contribution in [2.45, 2.75) is 50.9 Å². The van der Waals surface area contributed by atoms with Crippen molar-refractivity contribution >= 4 is 22.5 Å². The van der Waals surface area contributed by atoms with Gasteiger partial charge in [-0.1, -0.05) is 13.3 Å². The standard InChI is InChI=1S/C22H27F3N4O/c1-14-11-15(28-21(30)18-6-2-3-9-26-18)13-29(12-14)19-8-7-17(22(23,24)25)20-16(19)5-4-10-27-20/h4-5,7-8,10,14-15,18,26H,2-3,6,9,11-13H2,1H3,(H,28,30)/t14-,15+,18?/m0/s1. The first kappa shape index (κ1) is 20.9. The van der Waals surface area contributed by atoms with E-state index >= 15 is 0 Å². The Morgan fingerprint density at radius 3 is 2.80 bits per heavy atom. The first-order chi connectivity index (χ1) is 14.3. The zero-order chi connectivity index (χ0) is 21.3. The summed E-state index contributed by atoms with van der Waals surface area (Å²) in [4.78, 5) is 18.8. The lowest BCUT2D eigenvalue weighted by Crippen LogP contribution is -2.55. The predicted molar refractivity (Wildman–Crippen MR) is 110 cm³/mol. The lowest BCUT2D eigenvalue weighted by Gasteiger charge is -2.39. The molecule has 0 bridgehead atoms. The van der Waals surface area contributed by atoms with Crippen molar-refractivity contribution in [1.82, 2.24) is 15.6 Å². The molecule has 2 aliphatic rings. The molecule has 162 valence electrons. The molecular weight excluding hydrogens is 393 g/mol. The number of halogens is 3. The van der Waals surface area contributed by atoms with Crippen molar-refractivity contribution in [3.63, 3.8) is 0 Å². The van der Waals surface area contributed by atoms with E-state index < -0.39 is 11.7 Å². The maximum Gasteiger partial charge on any atom is 0.418 e. The molecule has 8 heteroatoms. The van der Waals surface area contributed by atoms with E-state index in [1.807, 2.05) is 0 Å². The van der Waals surface area contributed by atoms with Crippen molar-refractivity contribution in [2.75, 3.05) is 24.5 Å². The Bertz CT molecular complexity index is 911. The Labute approximate surface area is 174 Å². The van der Waals surface area contributed by atoms with E-state index in [9.17, 15) is 18.0 Å². The van der Waals surface area contributed by atoms with Gasteiger partial charge in [0.15, 0.2) is 0 Å². The lowest BCUT2D eigenvalue weighted by atomic mass is 9.94. The van der Waals surface area contributed by atoms with Crippen LogP contribution in [0, 0.1) is 5.92 Å². The average molecular weight is 420 g/mol. The van der Waals surface area contributed by atoms with Gasteiger partial charge in [0.05, 0.1) is 17.1 Å². The van der Waals surface area contributed by atoms with E-state index in [0.717, 1.165) is 50.5 Å². The molecule has 0 radical (unpaired) electrons. The van der Waals surface area contributed by atoms with E-state index in [-0.39, 0.29) is 23.5 Å². The molecule has 1 aromatic heterocycles. The summed E-state index contributed by atoms with van der Waals surface area (Å²) >= 11 is 0. The number of anilines is 1. The summed E-state index contributed by atoms with van der Waals surface area (Å²) in [6, 6.07) is 5.80. The second-order valence-electron chi connectivity index (χ2n) is 8.48. The average Bonchev–Trinajstić information content (AvgIpc) is 2.72. The second-order valence-corrected chi connectivity index (χ2v) is 8.48. The highest BCUT2D eigenvalue weighted by molar-refractivity contribution is 5.94. The Morgan fingerprint density at radius 2 is 2.07 bits per heavy atom. The summed E-state index contributed by atoms with van der Waals surface area (Å²) in [5, 5.41) is 6.92. The number of nitrogens with zero attached hydrogens (tertiary/aromatic N) is 2. The number of carbonyl (C=O) groups is 1. The fraction of sp³-hybridized carbons (Fsp3) is 0.545.